The van der Waals surface area contributed by atoms with Crippen LogP contribution >= 0.6 is 22.7 Å². The van der Waals surface area contributed by atoms with E-state index in [0.717, 1.165) is 26.4 Å². The zero-order chi connectivity index (χ0) is 30.9. The molecule has 0 aliphatic heterocycles. The summed E-state index contributed by atoms with van der Waals surface area (Å²) in [6.07, 6.45) is 0. The predicted molar refractivity (Wildman–Crippen MR) is 162 cm³/mol. The molecule has 0 bridgehead atoms. The minimum absolute atomic E-state index is 0.0360. The molecule has 0 saturated heterocycles. The molecule has 0 radical (unpaired) electrons. The Morgan fingerprint density at radius 1 is 0.767 bits per heavy atom. The lowest BCUT2D eigenvalue weighted by molar-refractivity contribution is -0.385. The van der Waals surface area contributed by atoms with E-state index in [1.54, 1.807) is 55.5 Å². The maximum absolute atomic E-state index is 11.0. The average Bonchev–Trinajstić information content (AvgIpc) is 3.57. The maximum atomic E-state index is 11.0. The van der Waals surface area contributed by atoms with Crippen LogP contribution in [0.25, 0.3) is 41.6 Å². The highest BCUT2D eigenvalue weighted by Crippen LogP contribution is 2.37. The van der Waals surface area contributed by atoms with E-state index in [9.17, 15) is 33.8 Å². The van der Waals surface area contributed by atoms with Crippen molar-refractivity contribution in [3.63, 3.8) is 0 Å². The summed E-state index contributed by atoms with van der Waals surface area (Å²) in [6, 6.07) is 20.4. The average molecular weight is 639 g/mol. The van der Waals surface area contributed by atoms with Crippen molar-refractivity contribution in [2.45, 2.75) is 6.92 Å². The van der Waals surface area contributed by atoms with Crippen LogP contribution in [0, 0.1) is 27.2 Å². The quantitative estimate of drug-likeness (QED) is 0.109. The van der Waals surface area contributed by atoms with Gasteiger partial charge in [-0.15, -0.1) is 22.7 Å². The summed E-state index contributed by atoms with van der Waals surface area (Å²) in [5.41, 5.74) is 3.32. The van der Waals surface area contributed by atoms with Gasteiger partial charge in [-0.05, 0) is 67.1 Å². The van der Waals surface area contributed by atoms with Gasteiger partial charge >= 0.3 is 10.4 Å². The van der Waals surface area contributed by atoms with Gasteiger partial charge < -0.3 is 9.29 Å². The Bertz CT molecular complexity index is 2110. The summed E-state index contributed by atoms with van der Waals surface area (Å²) >= 11 is 2.72. The number of phenolic OH excluding ortho intramolecular Hbond substituents is 1. The van der Waals surface area contributed by atoms with Crippen molar-refractivity contribution in [1.29, 1.82) is 0 Å². The fourth-order valence-electron chi connectivity index (χ4n) is 3.92. The molecule has 0 fully saturated rings. The van der Waals surface area contributed by atoms with E-state index in [2.05, 4.69) is 14.2 Å². The Morgan fingerprint density at radius 2 is 1.30 bits per heavy atom. The number of hydrogen-bond donors (Lipinski definition) is 2. The summed E-state index contributed by atoms with van der Waals surface area (Å²) in [5, 5.41) is 32.0. The van der Waals surface area contributed by atoms with E-state index in [-0.39, 0.29) is 28.4 Å². The summed E-state index contributed by atoms with van der Waals surface area (Å²) in [5.74, 6) is 0.128. The van der Waals surface area contributed by atoms with Gasteiger partial charge in [-0.2, -0.15) is 8.42 Å². The van der Waals surface area contributed by atoms with Crippen molar-refractivity contribution < 1.29 is 32.1 Å². The number of nitro groups is 2. The zero-order valence-electron chi connectivity index (χ0n) is 21.8. The molecule has 0 aliphatic carbocycles. The van der Waals surface area contributed by atoms with Crippen LogP contribution in [0.2, 0.25) is 0 Å². The third-order valence-electron chi connectivity index (χ3n) is 5.82. The lowest BCUT2D eigenvalue weighted by Gasteiger charge is -2.03. The van der Waals surface area contributed by atoms with Gasteiger partial charge in [-0.25, -0.2) is 9.97 Å². The SMILES string of the molecule is Cc1cc(OS(=O)(=O)O)c2nc(-c3ccc([N+](=O)[O-])cc3)sc2c1.O=[N+]([O-])c1ccc(-c2nc3ccc(O)cc3s2)cc1. The highest BCUT2D eigenvalue weighted by atomic mass is 32.3. The number of benzene rings is 4. The van der Waals surface area contributed by atoms with Gasteiger partial charge in [0.05, 0.1) is 24.8 Å². The molecule has 0 atom stereocenters. The molecule has 0 amide bonds. The minimum atomic E-state index is -4.67. The monoisotopic (exact) mass is 638 g/mol. The summed E-state index contributed by atoms with van der Waals surface area (Å²) in [7, 11) is -4.67. The molecule has 218 valence electrons. The van der Waals surface area contributed by atoms with Crippen molar-refractivity contribution in [3.8, 4) is 32.6 Å². The lowest BCUT2D eigenvalue weighted by atomic mass is 10.2. The van der Waals surface area contributed by atoms with E-state index >= 15 is 0 Å². The van der Waals surface area contributed by atoms with E-state index in [4.69, 9.17) is 4.55 Å². The predicted octanol–water partition coefficient (Wildman–Crippen LogP) is 6.94. The molecule has 0 saturated carbocycles. The van der Waals surface area contributed by atoms with Crippen molar-refractivity contribution in [3.05, 3.63) is 105 Å². The molecular weight excluding hydrogens is 621 g/mol. The molecule has 2 N–H and O–H groups in total. The number of aryl methyl sites for hydroxylation is 1. The third kappa shape index (κ3) is 6.90. The number of fused-ring (bicyclic) bond motifs is 2. The van der Waals surface area contributed by atoms with Gasteiger partial charge in [-0.1, -0.05) is 0 Å². The van der Waals surface area contributed by atoms with Crippen molar-refractivity contribution in [2.75, 3.05) is 0 Å². The van der Waals surface area contributed by atoms with Gasteiger partial charge in [0, 0.05) is 35.4 Å². The second-order valence-electron chi connectivity index (χ2n) is 8.92. The number of thiazole rings is 2. The van der Waals surface area contributed by atoms with Crippen LogP contribution in [-0.4, -0.2) is 37.9 Å². The largest absolute Gasteiger partial charge is 0.508 e. The number of rotatable bonds is 6. The van der Waals surface area contributed by atoms with Crippen molar-refractivity contribution >= 4 is 64.9 Å². The van der Waals surface area contributed by atoms with Gasteiger partial charge in [0.15, 0.2) is 5.75 Å². The summed E-state index contributed by atoms with van der Waals surface area (Å²) in [6.45, 7) is 1.75. The Balaban J connectivity index is 0.000000176. The summed E-state index contributed by atoms with van der Waals surface area (Å²) < 4.78 is 37.0. The molecule has 6 aromatic rings. The maximum Gasteiger partial charge on any atom is 0.446 e. The van der Waals surface area contributed by atoms with Crippen LogP contribution in [-0.2, 0) is 10.4 Å². The molecular formula is C27H18N4O9S3. The molecule has 6 rings (SSSR count). The molecule has 2 aromatic heterocycles. The Morgan fingerprint density at radius 3 is 1.84 bits per heavy atom. The zero-order valence-corrected chi connectivity index (χ0v) is 24.2. The van der Waals surface area contributed by atoms with E-state index in [1.165, 1.54) is 53.0 Å². The minimum Gasteiger partial charge on any atom is -0.508 e. The number of aromatic nitrogens is 2. The van der Waals surface area contributed by atoms with Crippen LogP contribution in [0.5, 0.6) is 11.5 Å². The molecule has 43 heavy (non-hydrogen) atoms. The first-order chi connectivity index (χ1) is 20.4. The molecule has 4 aromatic carbocycles. The van der Waals surface area contributed by atoms with Gasteiger partial charge in [-0.3, -0.25) is 24.8 Å². The number of non-ortho nitro benzene ring substituents is 2. The standard InChI is InChI=1S/C14H10N2O6S2.C13H8N2O3S/c1-8-6-11(22-24(19,20)21)13-12(7-8)23-14(15-13)9-2-4-10(5-3-9)16(17)18;16-10-5-6-11-12(7-10)19-13(14-11)8-1-3-9(4-2-8)15(17)18/h2-7H,1H3,(H,19,20,21);1-7,16H. The number of aromatic hydroxyl groups is 1. The highest BCUT2D eigenvalue weighted by molar-refractivity contribution is 7.81. The van der Waals surface area contributed by atoms with Crippen molar-refractivity contribution in [1.82, 2.24) is 9.97 Å². The van der Waals surface area contributed by atoms with Crippen molar-refractivity contribution in [2.24, 2.45) is 0 Å². The second kappa shape index (κ2) is 11.7. The molecule has 0 spiro atoms. The molecule has 0 unspecified atom stereocenters. The highest BCUT2D eigenvalue weighted by Gasteiger charge is 2.17. The third-order valence-corrected chi connectivity index (χ3v) is 8.33. The Labute approximate surface area is 250 Å². The van der Waals surface area contributed by atoms with Crippen LogP contribution in [0.1, 0.15) is 5.56 Å². The second-order valence-corrected chi connectivity index (χ2v) is 12.0. The Kier molecular flexibility index (Phi) is 8.01. The molecule has 0 aliphatic rings. The molecule has 13 nitrogen and oxygen atoms in total. The van der Waals surface area contributed by atoms with Gasteiger partial charge in [0.25, 0.3) is 11.4 Å². The normalized spacial score (nSPS) is 11.2. The first kappa shape index (κ1) is 29.5. The number of nitro benzene ring substituents is 2. The molecule has 16 heteroatoms. The number of nitrogens with zero attached hydrogens (tertiary/aromatic N) is 4. The van der Waals surface area contributed by atoms with E-state index < -0.39 is 20.2 Å². The van der Waals surface area contributed by atoms with E-state index in [0.29, 0.717) is 15.3 Å². The van der Waals surface area contributed by atoms with Gasteiger partial charge in [0.2, 0.25) is 0 Å². The molecule has 2 heterocycles. The summed E-state index contributed by atoms with van der Waals surface area (Å²) in [4.78, 5) is 29.1. The first-order valence-electron chi connectivity index (χ1n) is 12.0. The smallest absolute Gasteiger partial charge is 0.446 e. The van der Waals surface area contributed by atoms with Crippen LogP contribution in [0.3, 0.4) is 0 Å². The number of hydrogen-bond acceptors (Lipinski definition) is 12. The van der Waals surface area contributed by atoms with Gasteiger partial charge in [0.1, 0.15) is 21.3 Å². The first-order valence-corrected chi connectivity index (χ1v) is 15.0. The fourth-order valence-corrected chi connectivity index (χ4v) is 6.36. The van der Waals surface area contributed by atoms with Crippen LogP contribution in [0.4, 0.5) is 11.4 Å². The number of phenols is 1. The van der Waals surface area contributed by atoms with E-state index in [1.807, 2.05) is 0 Å². The topological polar surface area (TPSA) is 196 Å². The fraction of sp³-hybridized carbons (Fsp3) is 0.0370. The lowest BCUT2D eigenvalue weighted by Crippen LogP contribution is -2.07. The van der Waals surface area contributed by atoms with Crippen LogP contribution < -0.4 is 4.18 Å². The Hall–Kier alpha value is -5.03. The van der Waals surface area contributed by atoms with Crippen LogP contribution in [0.15, 0.2) is 78.9 Å².